The Morgan fingerprint density at radius 3 is 2.25 bits per heavy atom. The minimum absolute atomic E-state index is 0.579. The third-order valence-corrected chi connectivity index (χ3v) is 3.93. The topological polar surface area (TPSA) is 99.0 Å². The van der Waals surface area contributed by atoms with Gasteiger partial charge in [0.15, 0.2) is 0 Å². The summed E-state index contributed by atoms with van der Waals surface area (Å²) in [5.74, 6) is -4.09. The van der Waals surface area contributed by atoms with Gasteiger partial charge in [0.2, 0.25) is 5.91 Å². The molecule has 6 unspecified atom stereocenters. The van der Waals surface area contributed by atoms with Crippen LogP contribution in [0.1, 0.15) is 13.8 Å². The molecule has 6 nitrogen and oxygen atoms in total. The van der Waals surface area contributed by atoms with E-state index in [-0.39, 0.29) is 0 Å². The maximum Gasteiger partial charge on any atom is 0.267 e. The molecule has 1 fully saturated rings. The van der Waals surface area contributed by atoms with Gasteiger partial charge in [-0.2, -0.15) is 0 Å². The van der Waals surface area contributed by atoms with E-state index in [2.05, 4.69) is 0 Å². The van der Waals surface area contributed by atoms with E-state index >= 15 is 0 Å². The Morgan fingerprint density at radius 1 is 1.30 bits per heavy atom. The summed E-state index contributed by atoms with van der Waals surface area (Å²) >= 11 is 1.01. The number of aliphatic hydroxyl groups is 3. The average Bonchev–Trinajstić information content (AvgIpc) is 2.33. The molecule has 0 bridgehead atoms. The predicted molar refractivity (Wildman–Crippen MR) is 68.4 cm³/mol. The molecule has 20 heavy (non-hydrogen) atoms. The van der Waals surface area contributed by atoms with Crippen molar-refractivity contribution < 1.29 is 33.6 Å². The molecule has 0 aliphatic carbocycles. The number of alkyl halides is 2. The number of ether oxygens (including phenoxy) is 1. The molecule has 1 aliphatic heterocycles. The molecule has 118 valence electrons. The van der Waals surface area contributed by atoms with Crippen molar-refractivity contribution in [3.05, 3.63) is 0 Å². The summed E-state index contributed by atoms with van der Waals surface area (Å²) in [5.41, 5.74) is -0.975. The summed E-state index contributed by atoms with van der Waals surface area (Å²) in [6, 6.07) is -1.81. The maximum atomic E-state index is 13.6. The van der Waals surface area contributed by atoms with Gasteiger partial charge in [-0.3, -0.25) is 4.79 Å². The van der Waals surface area contributed by atoms with Gasteiger partial charge in [-0.25, -0.2) is 8.78 Å². The Labute approximate surface area is 119 Å². The highest BCUT2D eigenvalue weighted by atomic mass is 32.2. The second kappa shape index (κ2) is 6.52. The quantitative estimate of drug-likeness (QED) is 0.548. The summed E-state index contributed by atoms with van der Waals surface area (Å²) in [5, 5.41) is 31.2. The first-order valence-corrected chi connectivity index (χ1v) is 7.25. The normalized spacial score (nSPS) is 36.5. The van der Waals surface area contributed by atoms with Gasteiger partial charge in [0.05, 0.1) is 0 Å². The van der Waals surface area contributed by atoms with Gasteiger partial charge < -0.3 is 25.4 Å². The van der Waals surface area contributed by atoms with Crippen molar-refractivity contribution in [1.82, 2.24) is 5.32 Å². The zero-order valence-corrected chi connectivity index (χ0v) is 12.1. The Hall–Kier alpha value is -0.480. The molecule has 6 atom stereocenters. The van der Waals surface area contributed by atoms with E-state index < -0.39 is 47.7 Å². The lowest BCUT2D eigenvalue weighted by Gasteiger charge is -2.44. The molecule has 0 aromatic carbocycles. The van der Waals surface area contributed by atoms with Crippen LogP contribution in [0.25, 0.3) is 0 Å². The fourth-order valence-corrected chi connectivity index (χ4v) is 2.74. The minimum Gasteiger partial charge on any atom is -0.388 e. The molecule has 0 saturated carbocycles. The Balaban J connectivity index is 3.02. The molecule has 4 N–H and O–H groups in total. The van der Waals surface area contributed by atoms with E-state index in [1.807, 2.05) is 5.32 Å². The third kappa shape index (κ3) is 3.79. The number of rotatable bonds is 4. The van der Waals surface area contributed by atoms with Gasteiger partial charge in [0.1, 0.15) is 35.9 Å². The Kier molecular flexibility index (Phi) is 5.73. The standard InChI is InChI=1S/C11H19F2NO5S/c1-4(15)14-9(11(2,12)13)8-6(17)5(16)7(18)10(19-8)20-3/h5-10,16-18H,1-3H3,(H,14,15). The highest BCUT2D eigenvalue weighted by Crippen LogP contribution is 2.33. The van der Waals surface area contributed by atoms with Gasteiger partial charge in [-0.1, -0.05) is 0 Å². The van der Waals surface area contributed by atoms with Gasteiger partial charge >= 0.3 is 0 Å². The molecular formula is C11H19F2NO5S. The van der Waals surface area contributed by atoms with E-state index in [1.165, 1.54) is 0 Å². The van der Waals surface area contributed by atoms with E-state index in [1.54, 1.807) is 6.26 Å². The highest BCUT2D eigenvalue weighted by molar-refractivity contribution is 7.99. The monoisotopic (exact) mass is 315 g/mol. The predicted octanol–water partition coefficient (Wildman–Crippen LogP) is -0.683. The van der Waals surface area contributed by atoms with Crippen LogP contribution in [-0.4, -0.2) is 69.3 Å². The SMILES string of the molecule is CSC1OC(C(NC(C)=O)C(C)(F)F)C(O)C(O)C1O. The summed E-state index contributed by atoms with van der Waals surface area (Å²) in [7, 11) is 0. The van der Waals surface area contributed by atoms with Crippen molar-refractivity contribution in [2.75, 3.05) is 6.26 Å². The maximum absolute atomic E-state index is 13.6. The number of hydrogen-bond acceptors (Lipinski definition) is 6. The van der Waals surface area contributed by atoms with Gasteiger partial charge in [-0.15, -0.1) is 11.8 Å². The van der Waals surface area contributed by atoms with Gasteiger partial charge in [-0.05, 0) is 6.26 Å². The smallest absolute Gasteiger partial charge is 0.267 e. The van der Waals surface area contributed by atoms with Crippen LogP contribution in [0.3, 0.4) is 0 Å². The summed E-state index contributed by atoms with van der Waals surface area (Å²) in [4.78, 5) is 11.0. The lowest BCUT2D eigenvalue weighted by atomic mass is 9.92. The lowest BCUT2D eigenvalue weighted by Crippen LogP contribution is -2.66. The van der Waals surface area contributed by atoms with Crippen LogP contribution in [0.15, 0.2) is 0 Å². The highest BCUT2D eigenvalue weighted by Gasteiger charge is 2.52. The van der Waals surface area contributed by atoms with E-state index in [4.69, 9.17) is 4.74 Å². The number of amides is 1. The number of nitrogens with one attached hydrogen (secondary N) is 1. The third-order valence-electron chi connectivity index (χ3n) is 3.07. The van der Waals surface area contributed by atoms with E-state index in [0.717, 1.165) is 18.7 Å². The van der Waals surface area contributed by atoms with Crippen LogP contribution in [0.2, 0.25) is 0 Å². The molecule has 1 saturated heterocycles. The molecule has 1 heterocycles. The second-order valence-corrected chi connectivity index (χ2v) is 5.75. The van der Waals surface area contributed by atoms with Crippen molar-refractivity contribution in [3.8, 4) is 0 Å². The number of aliphatic hydroxyl groups excluding tert-OH is 3. The Morgan fingerprint density at radius 2 is 1.85 bits per heavy atom. The van der Waals surface area contributed by atoms with Crippen molar-refractivity contribution in [2.45, 2.75) is 55.7 Å². The van der Waals surface area contributed by atoms with Crippen LogP contribution in [0.4, 0.5) is 8.78 Å². The molecule has 0 aromatic heterocycles. The average molecular weight is 315 g/mol. The first kappa shape index (κ1) is 17.6. The number of hydrogen-bond donors (Lipinski definition) is 4. The molecule has 1 rings (SSSR count). The largest absolute Gasteiger partial charge is 0.388 e. The molecule has 9 heteroatoms. The first-order chi connectivity index (χ1) is 9.09. The van der Waals surface area contributed by atoms with E-state index in [0.29, 0.717) is 6.92 Å². The van der Waals surface area contributed by atoms with Gasteiger partial charge in [0.25, 0.3) is 5.92 Å². The molecule has 0 spiro atoms. The Bertz CT molecular complexity index is 352. The van der Waals surface area contributed by atoms with Crippen LogP contribution in [-0.2, 0) is 9.53 Å². The first-order valence-electron chi connectivity index (χ1n) is 5.97. The number of carbonyl (C=O) groups excluding carboxylic acids is 1. The molecular weight excluding hydrogens is 296 g/mol. The number of thioether (sulfide) groups is 1. The van der Waals surface area contributed by atoms with Crippen LogP contribution in [0, 0.1) is 0 Å². The van der Waals surface area contributed by atoms with Crippen molar-refractivity contribution in [2.24, 2.45) is 0 Å². The fraction of sp³-hybridized carbons (Fsp3) is 0.909. The summed E-state index contributed by atoms with van der Waals surface area (Å²) in [6.45, 7) is 1.64. The summed E-state index contributed by atoms with van der Waals surface area (Å²) in [6.07, 6.45) is -4.75. The fourth-order valence-electron chi connectivity index (χ4n) is 2.06. The number of halogens is 2. The number of carbonyl (C=O) groups is 1. The summed E-state index contributed by atoms with van der Waals surface area (Å²) < 4.78 is 32.4. The molecule has 0 aromatic rings. The molecule has 0 radical (unpaired) electrons. The van der Waals surface area contributed by atoms with Crippen molar-refractivity contribution in [3.63, 3.8) is 0 Å². The van der Waals surface area contributed by atoms with Crippen molar-refractivity contribution >= 4 is 17.7 Å². The molecule has 1 aliphatic rings. The van der Waals surface area contributed by atoms with Gasteiger partial charge in [0, 0.05) is 13.8 Å². The minimum atomic E-state index is -3.37. The van der Waals surface area contributed by atoms with E-state index in [9.17, 15) is 28.9 Å². The zero-order chi connectivity index (χ0) is 15.7. The van der Waals surface area contributed by atoms with Crippen LogP contribution >= 0.6 is 11.8 Å². The second-order valence-electron chi connectivity index (χ2n) is 4.81. The molecule has 1 amide bonds. The lowest BCUT2D eigenvalue weighted by molar-refractivity contribution is -0.222. The van der Waals surface area contributed by atoms with Crippen LogP contribution in [0.5, 0.6) is 0 Å². The zero-order valence-electron chi connectivity index (χ0n) is 11.3. The van der Waals surface area contributed by atoms with Crippen LogP contribution < -0.4 is 5.32 Å². The van der Waals surface area contributed by atoms with Crippen molar-refractivity contribution in [1.29, 1.82) is 0 Å².